The van der Waals surface area contributed by atoms with Crippen LogP contribution in [0.3, 0.4) is 0 Å². The molecule has 6 nitrogen and oxygen atoms in total. The number of carbonyl (C=O) groups is 2. The van der Waals surface area contributed by atoms with Gasteiger partial charge in [-0.1, -0.05) is 38.5 Å². The number of benzene rings is 2. The van der Waals surface area contributed by atoms with Crippen molar-refractivity contribution in [3.8, 4) is 16.9 Å². The summed E-state index contributed by atoms with van der Waals surface area (Å²) in [5.74, 6) is 0.732. The molecule has 43 heavy (non-hydrogen) atoms. The Balaban J connectivity index is 0.000000359. The Kier molecular flexibility index (Phi) is 10.9. The highest BCUT2D eigenvalue weighted by atomic mass is 32.2. The van der Waals surface area contributed by atoms with E-state index < -0.39 is 5.41 Å². The first-order valence-electron chi connectivity index (χ1n) is 15.9. The summed E-state index contributed by atoms with van der Waals surface area (Å²) in [5, 5.41) is 3.53. The number of hydrogen-bond donors (Lipinski definition) is 3. The number of carbonyl (C=O) groups excluding carboxylic acids is 2. The molecule has 0 spiro atoms. The summed E-state index contributed by atoms with van der Waals surface area (Å²) in [4.78, 5) is 23.7. The van der Waals surface area contributed by atoms with Gasteiger partial charge in [0.2, 0.25) is 11.8 Å². The van der Waals surface area contributed by atoms with Crippen LogP contribution in [-0.2, 0) is 15.0 Å². The number of primary amides is 1. The van der Waals surface area contributed by atoms with Crippen molar-refractivity contribution >= 4 is 23.8 Å². The first-order chi connectivity index (χ1) is 20.3. The molecule has 1 unspecified atom stereocenters. The monoisotopic (exact) mass is 611 g/mol. The van der Waals surface area contributed by atoms with Gasteiger partial charge in [0.15, 0.2) is 0 Å². The summed E-state index contributed by atoms with van der Waals surface area (Å²) >= 11 is 1.43. The van der Waals surface area contributed by atoms with Gasteiger partial charge in [-0.3, -0.25) is 14.3 Å². The first-order valence-corrected chi connectivity index (χ1v) is 16.8. The average molecular weight is 612 g/mol. The van der Waals surface area contributed by atoms with Crippen LogP contribution in [0.25, 0.3) is 11.1 Å². The minimum atomic E-state index is -0.730. The van der Waals surface area contributed by atoms with E-state index in [4.69, 9.17) is 10.5 Å². The standard InChI is InChI=1S/C28H36FNO2S.C7H14N2O/c1-18(2)33-30-27(31)28(3,4)20-15-16-25(32-21-11-5-6-12-21)23(17-20)22-13-8-14-24(29)26(22)19-9-7-10-19;1-7(2)3-5(4-9-7)6(8)10/h8,13-19,21H,5-7,9-12H2,1-4H3,(H,30,31);5,9H,3-4H2,1-2H3,(H2,8,10). The third kappa shape index (κ3) is 8.33. The van der Waals surface area contributed by atoms with Crippen LogP contribution in [0.2, 0.25) is 0 Å². The van der Waals surface area contributed by atoms with E-state index in [2.05, 4.69) is 43.8 Å². The van der Waals surface area contributed by atoms with Gasteiger partial charge in [-0.25, -0.2) is 4.39 Å². The fraction of sp³-hybridized carbons (Fsp3) is 0.600. The SMILES string of the molecule is CC(C)SNC(=O)C(C)(C)c1ccc(OC2CCCC2)c(-c2cccc(F)c2C2CCC2)c1.CC1(C)CC(C(N)=O)CN1. The molecular formula is C35H50FN3O3S. The largest absolute Gasteiger partial charge is 0.490 e. The quantitative estimate of drug-likeness (QED) is 0.257. The number of ether oxygens (including phenoxy) is 1. The zero-order chi connectivity index (χ0) is 31.4. The highest BCUT2D eigenvalue weighted by molar-refractivity contribution is 7.98. The number of nitrogens with two attached hydrogens (primary N) is 1. The lowest BCUT2D eigenvalue weighted by molar-refractivity contribution is -0.123. The van der Waals surface area contributed by atoms with Gasteiger partial charge >= 0.3 is 0 Å². The van der Waals surface area contributed by atoms with Crippen molar-refractivity contribution in [2.45, 2.75) is 121 Å². The van der Waals surface area contributed by atoms with Crippen LogP contribution in [0.4, 0.5) is 4.39 Å². The molecule has 1 saturated heterocycles. The number of nitrogens with one attached hydrogen (secondary N) is 2. The summed E-state index contributed by atoms with van der Waals surface area (Å²) in [6.45, 7) is 12.9. The molecule has 3 aliphatic rings. The fourth-order valence-corrected chi connectivity index (χ4v) is 6.69. The molecule has 3 fully saturated rings. The van der Waals surface area contributed by atoms with Gasteiger partial charge in [0.1, 0.15) is 11.6 Å². The van der Waals surface area contributed by atoms with Crippen molar-refractivity contribution in [2.24, 2.45) is 11.7 Å². The van der Waals surface area contributed by atoms with E-state index in [-0.39, 0.29) is 41.1 Å². The van der Waals surface area contributed by atoms with Crippen LogP contribution in [0.5, 0.6) is 5.75 Å². The molecule has 5 rings (SSSR count). The third-order valence-corrected chi connectivity index (χ3v) is 9.87. The van der Waals surface area contributed by atoms with E-state index in [1.165, 1.54) is 24.8 Å². The van der Waals surface area contributed by atoms with Crippen molar-refractivity contribution in [1.29, 1.82) is 0 Å². The van der Waals surface area contributed by atoms with E-state index in [1.54, 1.807) is 12.1 Å². The van der Waals surface area contributed by atoms with E-state index in [0.29, 0.717) is 5.25 Å². The highest BCUT2D eigenvalue weighted by Gasteiger charge is 2.34. The van der Waals surface area contributed by atoms with Crippen molar-refractivity contribution in [2.75, 3.05) is 6.54 Å². The van der Waals surface area contributed by atoms with Gasteiger partial charge in [-0.2, -0.15) is 0 Å². The molecule has 1 atom stereocenters. The number of amides is 2. The molecule has 1 aliphatic heterocycles. The van der Waals surface area contributed by atoms with Gasteiger partial charge < -0.3 is 15.8 Å². The maximum atomic E-state index is 15.1. The molecule has 0 aromatic heterocycles. The molecule has 0 bridgehead atoms. The van der Waals surface area contributed by atoms with Crippen LogP contribution in [0.1, 0.15) is 110 Å². The predicted octanol–water partition coefficient (Wildman–Crippen LogP) is 7.39. The lowest BCUT2D eigenvalue weighted by Gasteiger charge is -2.30. The zero-order valence-electron chi connectivity index (χ0n) is 26.7. The Bertz CT molecular complexity index is 1290. The Hall–Kier alpha value is -2.58. The molecular weight excluding hydrogens is 561 g/mol. The molecule has 2 aromatic rings. The van der Waals surface area contributed by atoms with Gasteiger partial charge in [-0.15, -0.1) is 0 Å². The lowest BCUT2D eigenvalue weighted by atomic mass is 9.76. The van der Waals surface area contributed by atoms with Crippen LogP contribution >= 0.6 is 11.9 Å². The topological polar surface area (TPSA) is 93.4 Å². The molecule has 4 N–H and O–H groups in total. The lowest BCUT2D eigenvalue weighted by Crippen LogP contribution is -2.37. The second-order valence-corrected chi connectivity index (χ2v) is 15.2. The Morgan fingerprint density at radius 1 is 1.07 bits per heavy atom. The molecule has 2 amide bonds. The highest BCUT2D eigenvalue weighted by Crippen LogP contribution is 2.46. The molecule has 0 radical (unpaired) electrons. The molecule has 236 valence electrons. The van der Waals surface area contributed by atoms with Gasteiger partial charge in [0.05, 0.1) is 17.4 Å². The van der Waals surface area contributed by atoms with E-state index in [9.17, 15) is 9.59 Å². The summed E-state index contributed by atoms with van der Waals surface area (Å²) in [7, 11) is 0. The van der Waals surface area contributed by atoms with E-state index in [1.807, 2.05) is 32.0 Å². The predicted molar refractivity (Wildman–Crippen MR) is 175 cm³/mol. The van der Waals surface area contributed by atoms with Crippen LogP contribution < -0.4 is 20.5 Å². The van der Waals surface area contributed by atoms with E-state index >= 15 is 4.39 Å². The maximum Gasteiger partial charge on any atom is 0.239 e. The second kappa shape index (κ2) is 14.0. The fourth-order valence-electron chi connectivity index (χ4n) is 6.09. The molecule has 8 heteroatoms. The van der Waals surface area contributed by atoms with Crippen LogP contribution in [0.15, 0.2) is 36.4 Å². The normalized spacial score (nSPS) is 20.3. The molecule has 1 heterocycles. The second-order valence-electron chi connectivity index (χ2n) is 13.9. The first kappa shape index (κ1) is 33.3. The maximum absolute atomic E-state index is 15.1. The summed E-state index contributed by atoms with van der Waals surface area (Å²) in [6.07, 6.45) is 8.74. The van der Waals surface area contributed by atoms with Gasteiger partial charge in [-0.05, 0) is 125 Å². The smallest absolute Gasteiger partial charge is 0.239 e. The van der Waals surface area contributed by atoms with Crippen LogP contribution in [0, 0.1) is 11.7 Å². The van der Waals surface area contributed by atoms with Crippen molar-refractivity contribution in [1.82, 2.24) is 10.0 Å². The van der Waals surface area contributed by atoms with Gasteiger partial charge in [0, 0.05) is 22.9 Å². The van der Waals surface area contributed by atoms with Crippen molar-refractivity contribution in [3.05, 3.63) is 53.3 Å². The summed E-state index contributed by atoms with van der Waals surface area (Å²) in [5.41, 5.74) is 8.02. The third-order valence-electron chi connectivity index (χ3n) is 9.09. The van der Waals surface area contributed by atoms with Crippen LogP contribution in [-0.4, -0.2) is 35.3 Å². The summed E-state index contributed by atoms with van der Waals surface area (Å²) < 4.78 is 24.5. The number of halogens is 1. The Morgan fingerprint density at radius 3 is 2.30 bits per heavy atom. The van der Waals surface area contributed by atoms with E-state index in [0.717, 1.165) is 73.1 Å². The minimum absolute atomic E-state index is 0.0323. The zero-order valence-corrected chi connectivity index (χ0v) is 27.5. The Morgan fingerprint density at radius 2 is 1.77 bits per heavy atom. The number of hydrogen-bond acceptors (Lipinski definition) is 5. The van der Waals surface area contributed by atoms with Crippen molar-refractivity contribution in [3.63, 3.8) is 0 Å². The molecule has 2 aliphatic carbocycles. The van der Waals surface area contributed by atoms with Crippen molar-refractivity contribution < 1.29 is 18.7 Å². The average Bonchev–Trinajstić information content (AvgIpc) is 3.57. The molecule has 2 aromatic carbocycles. The minimum Gasteiger partial charge on any atom is -0.490 e. The summed E-state index contributed by atoms with van der Waals surface area (Å²) in [6, 6.07) is 11.4. The molecule has 2 saturated carbocycles. The number of rotatable bonds is 9. The van der Waals surface area contributed by atoms with Gasteiger partial charge in [0.25, 0.3) is 0 Å². The Labute approximate surface area is 261 Å².